The van der Waals surface area contributed by atoms with Crippen molar-refractivity contribution in [2.75, 3.05) is 0 Å². The van der Waals surface area contributed by atoms with Gasteiger partial charge in [-0.05, 0) is 30.5 Å². The van der Waals surface area contributed by atoms with Crippen molar-refractivity contribution < 1.29 is 4.74 Å². The van der Waals surface area contributed by atoms with Crippen molar-refractivity contribution in [2.24, 2.45) is 0 Å². The highest BCUT2D eigenvalue weighted by molar-refractivity contribution is 9.10. The maximum absolute atomic E-state index is 5.74. The van der Waals surface area contributed by atoms with Crippen LogP contribution in [0.5, 0.6) is 0 Å². The van der Waals surface area contributed by atoms with Gasteiger partial charge in [0.15, 0.2) is 0 Å². The Balaban J connectivity index is 1.88. The molecule has 0 aliphatic heterocycles. The van der Waals surface area contributed by atoms with E-state index in [2.05, 4.69) is 40.2 Å². The summed E-state index contributed by atoms with van der Waals surface area (Å²) < 4.78 is 6.85. The van der Waals surface area contributed by atoms with Gasteiger partial charge in [0.25, 0.3) is 0 Å². The van der Waals surface area contributed by atoms with E-state index in [1.54, 1.807) is 0 Å². The van der Waals surface area contributed by atoms with Crippen molar-refractivity contribution >= 4 is 15.9 Å². The summed E-state index contributed by atoms with van der Waals surface area (Å²) in [6, 6.07) is 8.24. The van der Waals surface area contributed by atoms with Crippen molar-refractivity contribution in [2.45, 2.75) is 25.6 Å². The maximum atomic E-state index is 5.74. The van der Waals surface area contributed by atoms with Crippen LogP contribution in [0.4, 0.5) is 0 Å². The summed E-state index contributed by atoms with van der Waals surface area (Å²) in [5.74, 6) is 0. The molecule has 1 aromatic rings. The highest BCUT2D eigenvalue weighted by atomic mass is 79.9. The van der Waals surface area contributed by atoms with Crippen LogP contribution in [0.1, 0.15) is 18.4 Å². The normalized spacial score (nSPS) is 20.2. The number of hydrogen-bond donors (Lipinski definition) is 0. The predicted octanol–water partition coefficient (Wildman–Crippen LogP) is 3.68. The summed E-state index contributed by atoms with van der Waals surface area (Å²) in [4.78, 5) is 0. The molecule has 0 heterocycles. The van der Waals surface area contributed by atoms with E-state index in [-0.39, 0.29) is 0 Å². The zero-order valence-electron chi connectivity index (χ0n) is 7.95. The van der Waals surface area contributed by atoms with E-state index in [9.17, 15) is 0 Å². The Bertz CT molecular complexity index is 333. The Morgan fingerprint density at radius 3 is 3.07 bits per heavy atom. The van der Waals surface area contributed by atoms with E-state index in [1.165, 1.54) is 5.56 Å². The molecule has 14 heavy (non-hydrogen) atoms. The minimum absolute atomic E-state index is 0.328. The SMILES string of the molecule is Brc1cccc(COC2C=CCC2)c1. The third-order valence-electron chi connectivity index (χ3n) is 2.32. The molecule has 1 aliphatic carbocycles. The first-order valence-corrected chi connectivity index (χ1v) is 5.66. The fourth-order valence-electron chi connectivity index (χ4n) is 1.57. The molecule has 74 valence electrons. The van der Waals surface area contributed by atoms with E-state index >= 15 is 0 Å². The third kappa shape index (κ3) is 2.69. The van der Waals surface area contributed by atoms with Gasteiger partial charge in [0.2, 0.25) is 0 Å². The first-order valence-electron chi connectivity index (χ1n) is 4.87. The lowest BCUT2D eigenvalue weighted by Crippen LogP contribution is -2.05. The average molecular weight is 253 g/mol. The quantitative estimate of drug-likeness (QED) is 0.746. The molecule has 0 bridgehead atoms. The first kappa shape index (κ1) is 9.94. The smallest absolute Gasteiger partial charge is 0.0763 e. The van der Waals surface area contributed by atoms with Crippen LogP contribution < -0.4 is 0 Å². The molecule has 0 saturated carbocycles. The zero-order chi connectivity index (χ0) is 9.80. The van der Waals surface area contributed by atoms with Crippen molar-refractivity contribution in [3.8, 4) is 0 Å². The second-order valence-corrected chi connectivity index (χ2v) is 4.40. The minimum atomic E-state index is 0.328. The Labute approximate surface area is 92.9 Å². The summed E-state index contributed by atoms with van der Waals surface area (Å²) >= 11 is 3.45. The summed E-state index contributed by atoms with van der Waals surface area (Å²) in [5, 5.41) is 0. The molecule has 0 amide bonds. The monoisotopic (exact) mass is 252 g/mol. The fraction of sp³-hybridized carbons (Fsp3) is 0.333. The molecule has 0 aromatic heterocycles. The van der Waals surface area contributed by atoms with Gasteiger partial charge in [-0.2, -0.15) is 0 Å². The van der Waals surface area contributed by atoms with Crippen molar-refractivity contribution in [1.82, 2.24) is 0 Å². The largest absolute Gasteiger partial charge is 0.369 e. The zero-order valence-corrected chi connectivity index (χ0v) is 9.53. The topological polar surface area (TPSA) is 9.23 Å². The van der Waals surface area contributed by atoms with Crippen LogP contribution in [0.25, 0.3) is 0 Å². The fourth-order valence-corrected chi connectivity index (χ4v) is 2.02. The van der Waals surface area contributed by atoms with Crippen molar-refractivity contribution in [3.63, 3.8) is 0 Å². The second-order valence-electron chi connectivity index (χ2n) is 3.48. The van der Waals surface area contributed by atoms with Gasteiger partial charge in [0, 0.05) is 4.47 Å². The van der Waals surface area contributed by atoms with Crippen molar-refractivity contribution in [3.05, 3.63) is 46.5 Å². The molecule has 1 atom stereocenters. The van der Waals surface area contributed by atoms with Gasteiger partial charge in [-0.3, -0.25) is 0 Å². The molecule has 1 aliphatic rings. The van der Waals surface area contributed by atoms with Gasteiger partial charge in [-0.25, -0.2) is 0 Å². The summed E-state index contributed by atoms with van der Waals surface area (Å²) in [7, 11) is 0. The van der Waals surface area contributed by atoms with Crippen LogP contribution in [0.15, 0.2) is 40.9 Å². The maximum Gasteiger partial charge on any atom is 0.0763 e. The molecule has 2 heteroatoms. The van der Waals surface area contributed by atoms with Crippen LogP contribution >= 0.6 is 15.9 Å². The number of allylic oxidation sites excluding steroid dienone is 1. The summed E-state index contributed by atoms with van der Waals surface area (Å²) in [6.45, 7) is 0.703. The Hall–Kier alpha value is -0.600. The first-order chi connectivity index (χ1) is 6.84. The van der Waals surface area contributed by atoms with Gasteiger partial charge in [-0.1, -0.05) is 40.2 Å². The number of rotatable bonds is 3. The van der Waals surface area contributed by atoms with Crippen LogP contribution in [0, 0.1) is 0 Å². The highest BCUT2D eigenvalue weighted by Crippen LogP contribution is 2.17. The summed E-state index contributed by atoms with van der Waals surface area (Å²) in [5.41, 5.74) is 1.22. The van der Waals surface area contributed by atoms with E-state index in [0.717, 1.165) is 17.3 Å². The van der Waals surface area contributed by atoms with Crippen LogP contribution in [0.3, 0.4) is 0 Å². The van der Waals surface area contributed by atoms with E-state index in [0.29, 0.717) is 12.7 Å². The standard InChI is InChI=1S/C12H13BrO/c13-11-5-3-4-10(8-11)9-14-12-6-1-2-7-12/h1,3-6,8,12H,2,7,9H2. The Kier molecular flexibility index (Phi) is 3.38. The number of benzene rings is 1. The Morgan fingerprint density at radius 2 is 2.36 bits per heavy atom. The molecule has 0 radical (unpaired) electrons. The molecule has 1 unspecified atom stereocenters. The lowest BCUT2D eigenvalue weighted by atomic mass is 10.2. The van der Waals surface area contributed by atoms with E-state index in [4.69, 9.17) is 4.74 Å². The second kappa shape index (κ2) is 4.76. The van der Waals surface area contributed by atoms with Crippen LogP contribution in [0.2, 0.25) is 0 Å². The lowest BCUT2D eigenvalue weighted by Gasteiger charge is -2.09. The minimum Gasteiger partial charge on any atom is -0.369 e. The van der Waals surface area contributed by atoms with Gasteiger partial charge in [-0.15, -0.1) is 0 Å². The van der Waals surface area contributed by atoms with Gasteiger partial charge >= 0.3 is 0 Å². The predicted molar refractivity (Wildman–Crippen MR) is 61.1 cm³/mol. The molecule has 1 aromatic carbocycles. The molecular formula is C12H13BrO. The number of ether oxygens (including phenoxy) is 1. The summed E-state index contributed by atoms with van der Waals surface area (Å²) in [6.07, 6.45) is 6.95. The molecule has 1 nitrogen and oxygen atoms in total. The molecule has 0 saturated heterocycles. The molecule has 0 N–H and O–H groups in total. The molecular weight excluding hydrogens is 240 g/mol. The third-order valence-corrected chi connectivity index (χ3v) is 2.81. The number of hydrogen-bond acceptors (Lipinski definition) is 1. The van der Waals surface area contributed by atoms with Crippen LogP contribution in [-0.2, 0) is 11.3 Å². The lowest BCUT2D eigenvalue weighted by molar-refractivity contribution is 0.0721. The van der Waals surface area contributed by atoms with E-state index in [1.807, 2.05) is 12.1 Å². The molecule has 0 fully saturated rings. The van der Waals surface area contributed by atoms with Crippen molar-refractivity contribution in [1.29, 1.82) is 0 Å². The van der Waals surface area contributed by atoms with E-state index < -0.39 is 0 Å². The van der Waals surface area contributed by atoms with Gasteiger partial charge in [0.05, 0.1) is 12.7 Å². The van der Waals surface area contributed by atoms with Gasteiger partial charge < -0.3 is 4.74 Å². The molecule has 0 spiro atoms. The highest BCUT2D eigenvalue weighted by Gasteiger charge is 2.08. The molecule has 2 rings (SSSR count). The van der Waals surface area contributed by atoms with Gasteiger partial charge in [0.1, 0.15) is 0 Å². The van der Waals surface area contributed by atoms with Crippen LogP contribution in [-0.4, -0.2) is 6.10 Å². The number of halogens is 1. The Morgan fingerprint density at radius 1 is 1.43 bits per heavy atom. The average Bonchev–Trinajstić information content (AvgIpc) is 2.67.